The molecule has 4 aliphatic carbocycles. The minimum Gasteiger partial charge on any atom is -0.393 e. The average molecular weight is 518 g/mol. The molecule has 3 unspecified atom stereocenters. The summed E-state index contributed by atoms with van der Waals surface area (Å²) in [4.78, 5) is 0. The van der Waals surface area contributed by atoms with Crippen molar-refractivity contribution in [1.82, 2.24) is 10.6 Å². The molecular weight excluding hydrogens is 454 g/mol. The average Bonchev–Trinajstić information content (AvgIpc) is 3.21. The fraction of sp³-hybridized carbons (Fsp3) is 1.00. The first-order chi connectivity index (χ1) is 17.7. The second-order valence-electron chi connectivity index (χ2n) is 15.0. The van der Waals surface area contributed by atoms with E-state index in [1.54, 1.807) is 0 Å². The molecule has 10 atom stereocenters. The summed E-state index contributed by atoms with van der Waals surface area (Å²) in [6, 6.07) is 0.641. The van der Waals surface area contributed by atoms with Gasteiger partial charge in [-0.25, -0.2) is 0 Å². The van der Waals surface area contributed by atoms with Crippen molar-refractivity contribution in [3.63, 3.8) is 0 Å². The van der Waals surface area contributed by atoms with Crippen LogP contribution in [0.3, 0.4) is 0 Å². The Morgan fingerprint density at radius 1 is 0.838 bits per heavy atom. The number of aliphatic hydroxyl groups is 1. The predicted octanol–water partition coefficient (Wildman–Crippen LogP) is 6.37. The van der Waals surface area contributed by atoms with Crippen molar-refractivity contribution in [3.05, 3.63) is 0 Å². The van der Waals surface area contributed by atoms with Crippen LogP contribution in [0.2, 0.25) is 0 Å². The van der Waals surface area contributed by atoms with Crippen molar-refractivity contribution in [2.24, 2.45) is 58.0 Å². The fourth-order valence-corrected chi connectivity index (χ4v) is 10.3. The first-order valence-corrected chi connectivity index (χ1v) is 16.5. The van der Waals surface area contributed by atoms with Gasteiger partial charge in [-0.2, -0.15) is 0 Å². The van der Waals surface area contributed by atoms with Crippen LogP contribution < -0.4 is 16.4 Å². The molecule has 0 radical (unpaired) electrons. The molecule has 4 saturated carbocycles. The first-order valence-electron chi connectivity index (χ1n) is 16.5. The summed E-state index contributed by atoms with van der Waals surface area (Å²) < 4.78 is 0. The van der Waals surface area contributed by atoms with Gasteiger partial charge in [0, 0.05) is 6.04 Å². The van der Waals surface area contributed by atoms with Crippen LogP contribution in [0.1, 0.15) is 118 Å². The molecule has 4 heteroatoms. The first kappa shape index (κ1) is 29.8. The van der Waals surface area contributed by atoms with Crippen molar-refractivity contribution < 1.29 is 5.11 Å². The molecule has 0 aromatic rings. The zero-order valence-electron chi connectivity index (χ0n) is 25.2. The van der Waals surface area contributed by atoms with Gasteiger partial charge in [-0.1, -0.05) is 53.9 Å². The topological polar surface area (TPSA) is 70.3 Å². The third kappa shape index (κ3) is 6.44. The van der Waals surface area contributed by atoms with Crippen LogP contribution in [0, 0.1) is 52.3 Å². The Bertz CT molecular complexity index is 699. The molecule has 0 aromatic carbocycles. The zero-order chi connectivity index (χ0) is 26.6. The van der Waals surface area contributed by atoms with Gasteiger partial charge in [0.1, 0.15) is 0 Å². The van der Waals surface area contributed by atoms with E-state index in [0.29, 0.717) is 28.7 Å². The molecular formula is C33H63N3O. The SMILES string of the molecule is CC(C)CCC[C@@H](C)[C@H]1CCC2C3C(CC[C@@]21C)[C@@]1(C)CC[C@@H](NCCCNCCCN)C[C@@H]1C[C@H]3O. The van der Waals surface area contributed by atoms with Crippen LogP contribution in [0.5, 0.6) is 0 Å². The van der Waals surface area contributed by atoms with E-state index in [1.807, 2.05) is 0 Å². The molecule has 4 aliphatic rings. The molecule has 216 valence electrons. The second-order valence-corrected chi connectivity index (χ2v) is 15.0. The molecule has 0 spiro atoms. The largest absolute Gasteiger partial charge is 0.393 e. The minimum absolute atomic E-state index is 0.0757. The number of hydrogen-bond acceptors (Lipinski definition) is 4. The van der Waals surface area contributed by atoms with Gasteiger partial charge >= 0.3 is 0 Å². The number of aliphatic hydroxyl groups excluding tert-OH is 1. The Morgan fingerprint density at radius 3 is 2.32 bits per heavy atom. The van der Waals surface area contributed by atoms with Gasteiger partial charge in [0.2, 0.25) is 0 Å². The van der Waals surface area contributed by atoms with E-state index in [1.165, 1.54) is 70.6 Å². The molecule has 4 fully saturated rings. The lowest BCUT2D eigenvalue weighted by Gasteiger charge is -2.62. The molecule has 0 heterocycles. The highest BCUT2D eigenvalue weighted by Gasteiger charge is 2.62. The summed E-state index contributed by atoms with van der Waals surface area (Å²) in [5.41, 5.74) is 6.48. The Kier molecular flexibility index (Phi) is 10.5. The van der Waals surface area contributed by atoms with E-state index >= 15 is 0 Å². The molecule has 0 aromatic heterocycles. The highest BCUT2D eigenvalue weighted by molar-refractivity contribution is 5.12. The van der Waals surface area contributed by atoms with Crippen LogP contribution in [0.4, 0.5) is 0 Å². The molecule has 37 heavy (non-hydrogen) atoms. The van der Waals surface area contributed by atoms with Gasteiger partial charge in [0.25, 0.3) is 0 Å². The van der Waals surface area contributed by atoms with Crippen molar-refractivity contribution in [3.8, 4) is 0 Å². The number of fused-ring (bicyclic) bond motifs is 5. The standard InChI is InChI=1S/C33H63N3O/c1-23(2)9-6-10-24(3)27-11-12-28-31-29(14-16-33(27,28)5)32(4)15-13-26(21-25(32)22-30(31)37)36-20-8-19-35-18-7-17-34/h23-31,35-37H,6-22,34H2,1-5H3/t24-,25-,26-,27-,28?,29?,30-,31?,32+,33-/m1/s1. The number of rotatable bonds is 13. The Balaban J connectivity index is 1.33. The van der Waals surface area contributed by atoms with Gasteiger partial charge in [0.05, 0.1) is 6.10 Å². The number of nitrogens with two attached hydrogens (primary N) is 1. The lowest BCUT2D eigenvalue weighted by atomic mass is 9.43. The number of nitrogens with one attached hydrogen (secondary N) is 2. The maximum Gasteiger partial charge on any atom is 0.0577 e. The Morgan fingerprint density at radius 2 is 1.57 bits per heavy atom. The fourth-order valence-electron chi connectivity index (χ4n) is 10.3. The summed E-state index contributed by atoms with van der Waals surface area (Å²) >= 11 is 0. The Hall–Kier alpha value is -0.160. The van der Waals surface area contributed by atoms with Gasteiger partial charge in [0.15, 0.2) is 0 Å². The lowest BCUT2D eigenvalue weighted by Crippen LogP contribution is -2.59. The maximum absolute atomic E-state index is 11.7. The van der Waals surface area contributed by atoms with E-state index in [2.05, 4.69) is 45.3 Å². The van der Waals surface area contributed by atoms with E-state index in [0.717, 1.165) is 68.6 Å². The molecule has 5 N–H and O–H groups in total. The Labute approximate surface area is 230 Å². The third-order valence-electron chi connectivity index (χ3n) is 12.4. The van der Waals surface area contributed by atoms with Crippen molar-refractivity contribution in [2.45, 2.75) is 130 Å². The van der Waals surface area contributed by atoms with Crippen molar-refractivity contribution in [1.29, 1.82) is 0 Å². The van der Waals surface area contributed by atoms with Crippen LogP contribution in [0.15, 0.2) is 0 Å². The van der Waals surface area contributed by atoms with Gasteiger partial charge < -0.3 is 21.5 Å². The molecule has 0 bridgehead atoms. The highest BCUT2D eigenvalue weighted by Crippen LogP contribution is 2.68. The lowest BCUT2D eigenvalue weighted by molar-refractivity contribution is -0.167. The van der Waals surface area contributed by atoms with Gasteiger partial charge in [-0.05, 0) is 143 Å². The number of hydrogen-bond donors (Lipinski definition) is 4. The predicted molar refractivity (Wildman–Crippen MR) is 157 cm³/mol. The summed E-state index contributed by atoms with van der Waals surface area (Å²) in [6.07, 6.45) is 16.9. The molecule has 4 nitrogen and oxygen atoms in total. The van der Waals surface area contributed by atoms with E-state index < -0.39 is 0 Å². The molecule has 0 amide bonds. The van der Waals surface area contributed by atoms with E-state index in [-0.39, 0.29) is 6.10 Å². The normalized spacial score (nSPS) is 42.3. The van der Waals surface area contributed by atoms with Crippen LogP contribution >= 0.6 is 0 Å². The minimum atomic E-state index is -0.0757. The van der Waals surface area contributed by atoms with Gasteiger partial charge in [-0.15, -0.1) is 0 Å². The second kappa shape index (κ2) is 13.0. The summed E-state index contributed by atoms with van der Waals surface area (Å²) in [6.45, 7) is 16.6. The van der Waals surface area contributed by atoms with Crippen LogP contribution in [-0.4, -0.2) is 43.4 Å². The van der Waals surface area contributed by atoms with Crippen molar-refractivity contribution in [2.75, 3.05) is 26.2 Å². The van der Waals surface area contributed by atoms with E-state index in [4.69, 9.17) is 5.73 Å². The molecule has 0 saturated heterocycles. The van der Waals surface area contributed by atoms with Gasteiger partial charge in [-0.3, -0.25) is 0 Å². The van der Waals surface area contributed by atoms with Crippen LogP contribution in [0.25, 0.3) is 0 Å². The monoisotopic (exact) mass is 517 g/mol. The summed E-state index contributed by atoms with van der Waals surface area (Å²) in [7, 11) is 0. The van der Waals surface area contributed by atoms with Crippen LogP contribution in [-0.2, 0) is 0 Å². The summed E-state index contributed by atoms with van der Waals surface area (Å²) in [5, 5.41) is 19.1. The molecule has 4 rings (SSSR count). The maximum atomic E-state index is 11.7. The highest BCUT2D eigenvalue weighted by atomic mass is 16.3. The third-order valence-corrected chi connectivity index (χ3v) is 12.4. The molecule has 0 aliphatic heterocycles. The summed E-state index contributed by atoms with van der Waals surface area (Å²) in [5.74, 6) is 5.27. The quantitative estimate of drug-likeness (QED) is 0.214. The van der Waals surface area contributed by atoms with Crippen molar-refractivity contribution >= 4 is 0 Å². The smallest absolute Gasteiger partial charge is 0.0577 e. The zero-order valence-corrected chi connectivity index (χ0v) is 25.2. The van der Waals surface area contributed by atoms with E-state index in [9.17, 15) is 5.11 Å².